The van der Waals surface area contributed by atoms with Crippen LogP contribution in [0.5, 0.6) is 0 Å². The van der Waals surface area contributed by atoms with Crippen molar-refractivity contribution in [1.82, 2.24) is 10.4 Å². The van der Waals surface area contributed by atoms with Gasteiger partial charge in [-0.2, -0.15) is 13.2 Å². The molecule has 0 aromatic heterocycles. The van der Waals surface area contributed by atoms with E-state index in [9.17, 15) is 18.0 Å². The first-order valence-electron chi connectivity index (χ1n) is 8.51. The maximum absolute atomic E-state index is 13.1. The van der Waals surface area contributed by atoms with Gasteiger partial charge >= 0.3 is 6.18 Å². The highest BCUT2D eigenvalue weighted by atomic mass is 32.1. The molecule has 1 unspecified atom stereocenters. The summed E-state index contributed by atoms with van der Waals surface area (Å²) in [4.78, 5) is 17.1. The third-order valence-corrected chi connectivity index (χ3v) is 4.35. The van der Waals surface area contributed by atoms with Gasteiger partial charge in [-0.1, -0.05) is 24.3 Å². The highest BCUT2D eigenvalue weighted by molar-refractivity contribution is 7.80. The Labute approximate surface area is 171 Å². The molecule has 0 spiro atoms. The summed E-state index contributed by atoms with van der Waals surface area (Å²) in [5.41, 5.74) is 6.28. The van der Waals surface area contributed by atoms with E-state index >= 15 is 0 Å². The molecule has 4 N–H and O–H groups in total. The number of halogens is 3. The van der Waals surface area contributed by atoms with E-state index in [2.05, 4.69) is 10.6 Å². The standard InChI is InChI=1S/C19H21F3N4O2S/c1-26(28-2)17(27)11-16(12-6-5-7-13(10-12)19(20,21)22)25-18(29)24-15-9-4-3-8-14(15)23/h3-10,16H,11,23H2,1-2H3,(H2,24,25,29). The molecule has 0 bridgehead atoms. The smallest absolute Gasteiger partial charge is 0.397 e. The second-order valence-corrected chi connectivity index (χ2v) is 6.55. The molecular formula is C19H21F3N4O2S. The Hall–Kier alpha value is -2.85. The van der Waals surface area contributed by atoms with E-state index in [1.807, 2.05) is 0 Å². The van der Waals surface area contributed by atoms with Crippen LogP contribution in [0.25, 0.3) is 0 Å². The van der Waals surface area contributed by atoms with Crippen molar-refractivity contribution < 1.29 is 22.8 Å². The Bertz CT molecular complexity index is 877. The second-order valence-electron chi connectivity index (χ2n) is 6.14. The summed E-state index contributed by atoms with van der Waals surface area (Å²) in [6, 6.07) is 10.8. The van der Waals surface area contributed by atoms with Crippen LogP contribution in [0.3, 0.4) is 0 Å². The molecule has 29 heavy (non-hydrogen) atoms. The summed E-state index contributed by atoms with van der Waals surface area (Å²) < 4.78 is 39.3. The third-order valence-electron chi connectivity index (χ3n) is 4.13. The predicted octanol–water partition coefficient (Wildman–Crippen LogP) is 3.73. The minimum Gasteiger partial charge on any atom is -0.397 e. The highest BCUT2D eigenvalue weighted by Crippen LogP contribution is 2.31. The molecule has 0 radical (unpaired) electrons. The number of anilines is 2. The molecule has 0 saturated heterocycles. The van der Waals surface area contributed by atoms with Gasteiger partial charge in [0.2, 0.25) is 5.91 Å². The van der Waals surface area contributed by atoms with Crippen molar-refractivity contribution >= 4 is 34.6 Å². The molecule has 0 aliphatic carbocycles. The van der Waals surface area contributed by atoms with Crippen LogP contribution in [0, 0.1) is 0 Å². The Morgan fingerprint density at radius 2 is 1.93 bits per heavy atom. The number of para-hydroxylation sites is 2. The molecule has 0 aliphatic rings. The number of nitrogen functional groups attached to an aromatic ring is 1. The fourth-order valence-electron chi connectivity index (χ4n) is 2.52. The quantitative estimate of drug-likeness (QED) is 0.371. The average molecular weight is 426 g/mol. The lowest BCUT2D eigenvalue weighted by Gasteiger charge is -2.24. The second kappa shape index (κ2) is 9.57. The van der Waals surface area contributed by atoms with E-state index < -0.39 is 23.7 Å². The van der Waals surface area contributed by atoms with Crippen LogP contribution in [-0.4, -0.2) is 30.2 Å². The molecule has 2 aromatic rings. The molecule has 0 saturated carbocycles. The Morgan fingerprint density at radius 3 is 2.55 bits per heavy atom. The number of nitrogens with zero attached hydrogens (tertiary/aromatic N) is 1. The third kappa shape index (κ3) is 6.33. The Morgan fingerprint density at radius 1 is 1.24 bits per heavy atom. The van der Waals surface area contributed by atoms with Crippen LogP contribution in [-0.2, 0) is 15.8 Å². The summed E-state index contributed by atoms with van der Waals surface area (Å²) in [5.74, 6) is -0.440. The molecule has 0 heterocycles. The Balaban J connectivity index is 2.26. The van der Waals surface area contributed by atoms with Gasteiger partial charge in [0.25, 0.3) is 0 Å². The summed E-state index contributed by atoms with van der Waals surface area (Å²) in [5, 5.41) is 6.88. The van der Waals surface area contributed by atoms with Crippen molar-refractivity contribution in [3.63, 3.8) is 0 Å². The van der Waals surface area contributed by atoms with Gasteiger partial charge in [0.15, 0.2) is 5.11 Å². The lowest BCUT2D eigenvalue weighted by atomic mass is 10.0. The molecule has 2 rings (SSSR count). The minimum absolute atomic E-state index is 0.109. The van der Waals surface area contributed by atoms with Gasteiger partial charge in [-0.25, -0.2) is 5.06 Å². The van der Waals surface area contributed by atoms with Gasteiger partial charge < -0.3 is 16.4 Å². The number of hydroxylamine groups is 2. The molecule has 0 aliphatic heterocycles. The topological polar surface area (TPSA) is 79.6 Å². The van der Waals surface area contributed by atoms with Gasteiger partial charge in [0, 0.05) is 7.05 Å². The van der Waals surface area contributed by atoms with Crippen LogP contribution in [0.1, 0.15) is 23.6 Å². The first kappa shape index (κ1) is 22.4. The minimum atomic E-state index is -4.51. The number of carbonyl (C=O) groups excluding carboxylic acids is 1. The van der Waals surface area contributed by atoms with Crippen LogP contribution in [0.2, 0.25) is 0 Å². The summed E-state index contributed by atoms with van der Waals surface area (Å²) in [7, 11) is 2.72. The Kier molecular flexibility index (Phi) is 7.40. The van der Waals surface area contributed by atoms with E-state index in [1.165, 1.54) is 26.3 Å². The van der Waals surface area contributed by atoms with Gasteiger partial charge in [0.1, 0.15) is 0 Å². The molecule has 10 heteroatoms. The largest absolute Gasteiger partial charge is 0.416 e. The van der Waals surface area contributed by atoms with Crippen LogP contribution >= 0.6 is 12.2 Å². The number of nitrogens with two attached hydrogens (primary N) is 1. The lowest BCUT2D eigenvalue weighted by Crippen LogP contribution is -2.36. The zero-order valence-electron chi connectivity index (χ0n) is 15.8. The number of alkyl halides is 3. The number of hydrogen-bond acceptors (Lipinski definition) is 4. The van der Waals surface area contributed by atoms with E-state index in [-0.39, 0.29) is 17.1 Å². The van der Waals surface area contributed by atoms with Crippen LogP contribution < -0.4 is 16.4 Å². The van der Waals surface area contributed by atoms with E-state index in [0.29, 0.717) is 11.4 Å². The molecule has 6 nitrogen and oxygen atoms in total. The fourth-order valence-corrected chi connectivity index (χ4v) is 2.77. The normalized spacial score (nSPS) is 12.2. The molecular weight excluding hydrogens is 405 g/mol. The van der Waals surface area contributed by atoms with Crippen molar-refractivity contribution in [2.75, 3.05) is 25.2 Å². The monoisotopic (exact) mass is 426 g/mol. The van der Waals surface area contributed by atoms with Gasteiger partial charge in [-0.05, 0) is 42.0 Å². The van der Waals surface area contributed by atoms with Gasteiger partial charge in [0.05, 0.1) is 36.5 Å². The molecule has 2 aromatic carbocycles. The molecule has 0 fully saturated rings. The lowest BCUT2D eigenvalue weighted by molar-refractivity contribution is -0.169. The van der Waals surface area contributed by atoms with E-state index in [4.69, 9.17) is 22.8 Å². The van der Waals surface area contributed by atoms with Crippen molar-refractivity contribution in [2.24, 2.45) is 0 Å². The maximum Gasteiger partial charge on any atom is 0.416 e. The highest BCUT2D eigenvalue weighted by Gasteiger charge is 2.31. The number of rotatable bonds is 6. The number of nitrogens with one attached hydrogen (secondary N) is 2. The van der Waals surface area contributed by atoms with Crippen molar-refractivity contribution in [1.29, 1.82) is 0 Å². The SMILES string of the molecule is CON(C)C(=O)CC(NC(=S)Nc1ccccc1N)c1cccc(C(F)(F)F)c1. The van der Waals surface area contributed by atoms with E-state index in [1.54, 1.807) is 24.3 Å². The first-order valence-corrected chi connectivity index (χ1v) is 8.92. The van der Waals surface area contributed by atoms with Crippen molar-refractivity contribution in [2.45, 2.75) is 18.6 Å². The number of amides is 1. The molecule has 156 valence electrons. The van der Waals surface area contributed by atoms with Crippen LogP contribution in [0.4, 0.5) is 24.5 Å². The van der Waals surface area contributed by atoms with E-state index in [0.717, 1.165) is 17.2 Å². The predicted molar refractivity (Wildman–Crippen MR) is 109 cm³/mol. The molecule has 1 amide bonds. The zero-order chi connectivity index (χ0) is 21.6. The zero-order valence-corrected chi connectivity index (χ0v) is 16.6. The fraction of sp³-hybridized carbons (Fsp3) is 0.263. The first-order chi connectivity index (χ1) is 13.6. The number of benzene rings is 2. The summed E-state index contributed by atoms with van der Waals surface area (Å²) in [6.45, 7) is 0. The van der Waals surface area contributed by atoms with Crippen molar-refractivity contribution in [3.8, 4) is 0 Å². The summed E-state index contributed by atoms with van der Waals surface area (Å²) in [6.07, 6.45) is -4.69. The molecule has 1 atom stereocenters. The summed E-state index contributed by atoms with van der Waals surface area (Å²) >= 11 is 5.27. The van der Waals surface area contributed by atoms with Gasteiger partial charge in [-0.3, -0.25) is 9.63 Å². The number of carbonyl (C=O) groups is 1. The van der Waals surface area contributed by atoms with Crippen LogP contribution in [0.15, 0.2) is 48.5 Å². The van der Waals surface area contributed by atoms with Crippen molar-refractivity contribution in [3.05, 3.63) is 59.7 Å². The van der Waals surface area contributed by atoms with Gasteiger partial charge in [-0.15, -0.1) is 0 Å². The number of hydrogen-bond donors (Lipinski definition) is 3. The average Bonchev–Trinajstić information content (AvgIpc) is 2.68. The maximum atomic E-state index is 13.1. The number of thiocarbonyl (C=S) groups is 1.